The van der Waals surface area contributed by atoms with E-state index in [0.29, 0.717) is 22.9 Å². The van der Waals surface area contributed by atoms with Crippen molar-refractivity contribution in [3.63, 3.8) is 0 Å². The third-order valence-electron chi connectivity index (χ3n) is 3.57. The Bertz CT molecular complexity index is 453. The minimum Gasteiger partial charge on any atom is -0.325 e. The second kappa shape index (κ2) is 5.60. The smallest absolute Gasteiger partial charge is 0.139 e. The maximum Gasteiger partial charge on any atom is 0.139 e. The predicted molar refractivity (Wildman–Crippen MR) is 75.2 cm³/mol. The molecular weight excluding hydrogens is 269 g/mol. The van der Waals surface area contributed by atoms with Gasteiger partial charge in [0.05, 0.1) is 10.0 Å². The van der Waals surface area contributed by atoms with Gasteiger partial charge >= 0.3 is 0 Å². The Balaban J connectivity index is 2.01. The molecule has 0 radical (unpaired) electrons. The van der Waals surface area contributed by atoms with Crippen LogP contribution in [0.2, 0.25) is 10.0 Å². The van der Waals surface area contributed by atoms with Crippen LogP contribution in [0, 0.1) is 0 Å². The van der Waals surface area contributed by atoms with E-state index in [4.69, 9.17) is 28.9 Å². The van der Waals surface area contributed by atoms with Gasteiger partial charge in [-0.15, -0.1) is 0 Å². The van der Waals surface area contributed by atoms with Gasteiger partial charge in [-0.3, -0.25) is 4.79 Å². The first-order chi connectivity index (χ1) is 8.50. The summed E-state index contributed by atoms with van der Waals surface area (Å²) in [7, 11) is 0. The molecule has 2 nitrogen and oxygen atoms in total. The second-order valence-electron chi connectivity index (χ2n) is 5.17. The van der Waals surface area contributed by atoms with Gasteiger partial charge in [0.25, 0.3) is 0 Å². The van der Waals surface area contributed by atoms with Crippen LogP contribution in [-0.2, 0) is 11.2 Å². The fourth-order valence-electron chi connectivity index (χ4n) is 2.61. The Labute approximate surface area is 117 Å². The monoisotopic (exact) mass is 285 g/mol. The molecule has 1 aliphatic rings. The zero-order chi connectivity index (χ0) is 13.2. The van der Waals surface area contributed by atoms with E-state index in [0.717, 1.165) is 31.2 Å². The van der Waals surface area contributed by atoms with Gasteiger partial charge in [-0.25, -0.2) is 0 Å². The quantitative estimate of drug-likeness (QED) is 0.915. The molecule has 0 aromatic heterocycles. The normalized spacial score (nSPS) is 17.9. The summed E-state index contributed by atoms with van der Waals surface area (Å²) >= 11 is 12.0. The third-order valence-corrected chi connectivity index (χ3v) is 4.43. The number of Topliss-reactive ketones (excluding diaryl/α,β-unsaturated/α-hetero) is 1. The van der Waals surface area contributed by atoms with Gasteiger partial charge in [0.15, 0.2) is 0 Å². The van der Waals surface area contributed by atoms with Crippen molar-refractivity contribution in [1.29, 1.82) is 0 Å². The number of ketones is 1. The molecule has 4 heteroatoms. The van der Waals surface area contributed by atoms with Crippen LogP contribution in [0.1, 0.15) is 37.7 Å². The van der Waals surface area contributed by atoms with E-state index < -0.39 is 0 Å². The van der Waals surface area contributed by atoms with Crippen molar-refractivity contribution < 1.29 is 4.79 Å². The van der Waals surface area contributed by atoms with E-state index in [1.165, 1.54) is 0 Å². The van der Waals surface area contributed by atoms with Crippen molar-refractivity contribution in [3.8, 4) is 0 Å². The zero-order valence-corrected chi connectivity index (χ0v) is 11.7. The Morgan fingerprint density at radius 2 is 1.94 bits per heavy atom. The molecule has 98 valence electrons. The molecule has 1 aromatic rings. The van der Waals surface area contributed by atoms with Crippen LogP contribution in [0.3, 0.4) is 0 Å². The van der Waals surface area contributed by atoms with Gasteiger partial charge in [-0.1, -0.05) is 48.2 Å². The van der Waals surface area contributed by atoms with Gasteiger partial charge in [0, 0.05) is 18.4 Å². The lowest BCUT2D eigenvalue weighted by Gasteiger charge is -2.22. The topological polar surface area (TPSA) is 43.1 Å². The summed E-state index contributed by atoms with van der Waals surface area (Å²) < 4.78 is 0. The number of halogens is 2. The first kappa shape index (κ1) is 13.9. The van der Waals surface area contributed by atoms with Gasteiger partial charge < -0.3 is 5.73 Å². The van der Waals surface area contributed by atoms with Crippen molar-refractivity contribution in [2.45, 2.75) is 44.1 Å². The maximum absolute atomic E-state index is 12.1. The van der Waals surface area contributed by atoms with Crippen molar-refractivity contribution in [1.82, 2.24) is 0 Å². The molecule has 2 rings (SSSR count). The van der Waals surface area contributed by atoms with Crippen molar-refractivity contribution in [3.05, 3.63) is 33.8 Å². The van der Waals surface area contributed by atoms with Gasteiger partial charge in [0.1, 0.15) is 5.78 Å². The summed E-state index contributed by atoms with van der Waals surface area (Å²) in [5.41, 5.74) is 6.70. The van der Waals surface area contributed by atoms with Crippen LogP contribution in [0.15, 0.2) is 18.2 Å². The van der Waals surface area contributed by atoms with Crippen LogP contribution in [0.25, 0.3) is 0 Å². The van der Waals surface area contributed by atoms with Crippen LogP contribution in [0.4, 0.5) is 0 Å². The summed E-state index contributed by atoms with van der Waals surface area (Å²) in [5, 5.41) is 0.968. The molecule has 1 aliphatic carbocycles. The highest BCUT2D eigenvalue weighted by Gasteiger charge is 2.31. The first-order valence-corrected chi connectivity index (χ1v) is 6.99. The van der Waals surface area contributed by atoms with Crippen LogP contribution in [0.5, 0.6) is 0 Å². The summed E-state index contributed by atoms with van der Waals surface area (Å²) in [6, 6.07) is 5.37. The summed E-state index contributed by atoms with van der Waals surface area (Å²) in [5.74, 6) is 0.142. The largest absolute Gasteiger partial charge is 0.325 e. The Morgan fingerprint density at radius 3 is 2.61 bits per heavy atom. The SMILES string of the molecule is NC1(CC(=O)Cc2cccc(Cl)c2Cl)CCCC1. The highest BCUT2D eigenvalue weighted by atomic mass is 35.5. The van der Waals surface area contributed by atoms with E-state index in [9.17, 15) is 4.79 Å². The van der Waals surface area contributed by atoms with Gasteiger partial charge in [-0.2, -0.15) is 0 Å². The average molecular weight is 286 g/mol. The molecule has 0 atom stereocenters. The number of hydrogen-bond acceptors (Lipinski definition) is 2. The van der Waals surface area contributed by atoms with Crippen molar-refractivity contribution in [2.24, 2.45) is 5.73 Å². The lowest BCUT2D eigenvalue weighted by Crippen LogP contribution is -2.39. The van der Waals surface area contributed by atoms with E-state index in [1.54, 1.807) is 6.07 Å². The predicted octanol–water partition coefficient (Wildman–Crippen LogP) is 3.77. The molecule has 0 amide bonds. The number of carbonyl (C=O) groups excluding carboxylic acids is 1. The number of nitrogens with two attached hydrogens (primary N) is 1. The van der Waals surface area contributed by atoms with E-state index in [-0.39, 0.29) is 11.3 Å². The van der Waals surface area contributed by atoms with E-state index >= 15 is 0 Å². The zero-order valence-electron chi connectivity index (χ0n) is 10.2. The van der Waals surface area contributed by atoms with Crippen LogP contribution < -0.4 is 5.73 Å². The fraction of sp³-hybridized carbons (Fsp3) is 0.500. The van der Waals surface area contributed by atoms with Crippen LogP contribution >= 0.6 is 23.2 Å². The van der Waals surface area contributed by atoms with Gasteiger partial charge in [0.2, 0.25) is 0 Å². The number of rotatable bonds is 4. The minimum absolute atomic E-state index is 0.142. The Morgan fingerprint density at radius 1 is 1.28 bits per heavy atom. The molecule has 1 saturated carbocycles. The van der Waals surface area contributed by atoms with Crippen molar-refractivity contribution >= 4 is 29.0 Å². The Kier molecular flexibility index (Phi) is 4.31. The second-order valence-corrected chi connectivity index (χ2v) is 5.96. The summed E-state index contributed by atoms with van der Waals surface area (Å²) in [6.45, 7) is 0. The molecule has 0 saturated heterocycles. The molecular formula is C14H17Cl2NO. The van der Waals surface area contributed by atoms with E-state index in [2.05, 4.69) is 0 Å². The minimum atomic E-state index is -0.290. The standard InChI is InChI=1S/C14H17Cl2NO/c15-12-5-3-4-10(13(12)16)8-11(18)9-14(17)6-1-2-7-14/h3-5H,1-2,6-9,17H2. The van der Waals surface area contributed by atoms with Crippen LogP contribution in [-0.4, -0.2) is 11.3 Å². The van der Waals surface area contributed by atoms with Gasteiger partial charge in [-0.05, 0) is 24.5 Å². The summed E-state index contributed by atoms with van der Waals surface area (Å²) in [4.78, 5) is 12.1. The molecule has 0 bridgehead atoms. The number of carbonyl (C=O) groups is 1. The molecule has 1 aromatic carbocycles. The number of hydrogen-bond donors (Lipinski definition) is 1. The van der Waals surface area contributed by atoms with Crippen molar-refractivity contribution in [2.75, 3.05) is 0 Å². The van der Waals surface area contributed by atoms with E-state index in [1.807, 2.05) is 12.1 Å². The lowest BCUT2D eigenvalue weighted by molar-refractivity contribution is -0.119. The maximum atomic E-state index is 12.1. The number of benzene rings is 1. The molecule has 0 unspecified atom stereocenters. The highest BCUT2D eigenvalue weighted by molar-refractivity contribution is 6.42. The fourth-order valence-corrected chi connectivity index (χ4v) is 3.00. The lowest BCUT2D eigenvalue weighted by atomic mass is 9.90. The molecule has 18 heavy (non-hydrogen) atoms. The first-order valence-electron chi connectivity index (χ1n) is 6.24. The Hall–Kier alpha value is -0.570. The average Bonchev–Trinajstić information content (AvgIpc) is 2.71. The molecule has 2 N–H and O–H groups in total. The molecule has 0 aliphatic heterocycles. The molecule has 0 spiro atoms. The summed E-state index contributed by atoms with van der Waals surface area (Å²) in [6.07, 6.45) is 4.90. The highest BCUT2D eigenvalue weighted by Crippen LogP contribution is 2.31. The third kappa shape index (κ3) is 3.25. The molecule has 1 fully saturated rings. The molecule has 0 heterocycles.